The Morgan fingerprint density at radius 1 is 1.46 bits per heavy atom. The zero-order chi connectivity index (χ0) is 10.0. The minimum atomic E-state index is -1.20. The zero-order valence-electron chi connectivity index (χ0n) is 6.77. The number of ketones is 1. The molecule has 0 aliphatic rings. The number of halogens is 2. The van der Waals surface area contributed by atoms with Gasteiger partial charge in [0.25, 0.3) is 0 Å². The molecular weight excluding hydrogens is 176 g/mol. The Labute approximate surface area is 73.4 Å². The molecule has 0 unspecified atom stereocenters. The molecule has 0 radical (unpaired) electrons. The van der Waals surface area contributed by atoms with Crippen molar-refractivity contribution in [2.24, 2.45) is 0 Å². The van der Waals surface area contributed by atoms with Crippen molar-refractivity contribution in [2.45, 2.75) is 6.92 Å². The maximum Gasteiger partial charge on any atom is 0.169 e. The van der Waals surface area contributed by atoms with Crippen LogP contribution in [0, 0.1) is 23.0 Å². The van der Waals surface area contributed by atoms with Gasteiger partial charge in [0, 0.05) is 0 Å². The molecule has 66 valence electrons. The molecule has 1 aromatic rings. The van der Waals surface area contributed by atoms with Crippen LogP contribution in [0.5, 0.6) is 0 Å². The number of hydrogen-bond donors (Lipinski definition) is 0. The maximum absolute atomic E-state index is 12.9. The molecule has 0 amide bonds. The van der Waals surface area contributed by atoms with E-state index in [0.29, 0.717) is 0 Å². The Bertz CT molecular complexity index is 407. The van der Waals surface area contributed by atoms with E-state index < -0.39 is 23.0 Å². The van der Waals surface area contributed by atoms with E-state index in [2.05, 4.69) is 0 Å². The number of benzene rings is 1. The zero-order valence-corrected chi connectivity index (χ0v) is 6.77. The van der Waals surface area contributed by atoms with E-state index in [-0.39, 0.29) is 5.56 Å². The van der Waals surface area contributed by atoms with E-state index in [1.165, 1.54) is 0 Å². The molecule has 0 aliphatic carbocycles. The molecule has 4 heteroatoms. The third-order valence-electron chi connectivity index (χ3n) is 1.54. The first-order chi connectivity index (χ1) is 6.06. The van der Waals surface area contributed by atoms with Gasteiger partial charge in [-0.1, -0.05) is 0 Å². The lowest BCUT2D eigenvalue weighted by molar-refractivity contribution is 0.101. The molecule has 0 spiro atoms. The minimum absolute atomic E-state index is 0.0656. The molecule has 0 atom stereocenters. The van der Waals surface area contributed by atoms with Crippen LogP contribution in [0.2, 0.25) is 0 Å². The highest BCUT2D eigenvalue weighted by Crippen LogP contribution is 2.14. The Hall–Kier alpha value is -1.76. The van der Waals surface area contributed by atoms with Crippen molar-refractivity contribution >= 4 is 5.78 Å². The first kappa shape index (κ1) is 9.33. The van der Waals surface area contributed by atoms with Crippen molar-refractivity contribution in [3.8, 4) is 6.07 Å². The summed E-state index contributed by atoms with van der Waals surface area (Å²) in [6.45, 7) is 1.11. The lowest BCUT2D eigenvalue weighted by Gasteiger charge is -1.99. The smallest absolute Gasteiger partial charge is 0.169 e. The number of nitrogens with zero attached hydrogens (tertiary/aromatic N) is 1. The van der Waals surface area contributed by atoms with Gasteiger partial charge in [-0.3, -0.25) is 4.79 Å². The van der Waals surface area contributed by atoms with Crippen molar-refractivity contribution in [2.75, 3.05) is 0 Å². The second-order valence-corrected chi connectivity index (χ2v) is 2.49. The first-order valence-electron chi connectivity index (χ1n) is 3.46. The fourth-order valence-corrected chi connectivity index (χ4v) is 0.910. The van der Waals surface area contributed by atoms with Crippen LogP contribution in [0.4, 0.5) is 8.78 Å². The fraction of sp³-hybridized carbons (Fsp3) is 0.111. The molecule has 0 N–H and O–H groups in total. The lowest BCUT2D eigenvalue weighted by Crippen LogP contribution is -2.00. The highest BCUT2D eigenvalue weighted by atomic mass is 19.2. The predicted octanol–water partition coefficient (Wildman–Crippen LogP) is 2.04. The summed E-state index contributed by atoms with van der Waals surface area (Å²) in [6.07, 6.45) is 0. The van der Waals surface area contributed by atoms with Gasteiger partial charge in [0.2, 0.25) is 0 Å². The van der Waals surface area contributed by atoms with Crippen LogP contribution >= 0.6 is 0 Å². The Kier molecular flexibility index (Phi) is 2.38. The molecule has 0 aromatic heterocycles. The summed E-state index contributed by atoms with van der Waals surface area (Å²) in [5.74, 6) is -2.98. The second kappa shape index (κ2) is 3.31. The van der Waals surface area contributed by atoms with Gasteiger partial charge in [-0.15, -0.1) is 0 Å². The molecule has 0 aliphatic heterocycles. The van der Waals surface area contributed by atoms with Crippen molar-refractivity contribution in [3.05, 3.63) is 34.9 Å². The molecule has 1 rings (SSSR count). The number of carbonyl (C=O) groups excluding carboxylic acids is 1. The summed E-state index contributed by atoms with van der Waals surface area (Å²) >= 11 is 0. The number of carbonyl (C=O) groups is 1. The van der Waals surface area contributed by atoms with Crippen LogP contribution < -0.4 is 0 Å². The summed E-state index contributed by atoms with van der Waals surface area (Å²) in [4.78, 5) is 10.8. The Morgan fingerprint density at radius 3 is 2.54 bits per heavy atom. The van der Waals surface area contributed by atoms with Crippen molar-refractivity contribution in [1.82, 2.24) is 0 Å². The highest BCUT2D eigenvalue weighted by Gasteiger charge is 2.13. The Morgan fingerprint density at radius 2 is 2.08 bits per heavy atom. The molecule has 2 nitrogen and oxygen atoms in total. The van der Waals surface area contributed by atoms with Gasteiger partial charge in [-0.25, -0.2) is 8.78 Å². The summed E-state index contributed by atoms with van der Waals surface area (Å²) in [7, 11) is 0. The number of hydrogen-bond acceptors (Lipinski definition) is 2. The van der Waals surface area contributed by atoms with Crippen LogP contribution in [0.15, 0.2) is 12.1 Å². The highest BCUT2D eigenvalue weighted by molar-refractivity contribution is 5.94. The first-order valence-corrected chi connectivity index (χ1v) is 3.46. The predicted molar refractivity (Wildman–Crippen MR) is 41.1 cm³/mol. The Balaban J connectivity index is 3.44. The molecule has 0 bridgehead atoms. The van der Waals surface area contributed by atoms with Gasteiger partial charge in [0.15, 0.2) is 17.4 Å². The molecule has 0 fully saturated rings. The summed E-state index contributed by atoms with van der Waals surface area (Å²) in [5.41, 5.74) is -0.458. The van der Waals surface area contributed by atoms with Gasteiger partial charge in [0.05, 0.1) is 17.2 Å². The van der Waals surface area contributed by atoms with Crippen molar-refractivity contribution in [1.29, 1.82) is 5.26 Å². The standard InChI is InChI=1S/C9H5F2NO/c1-5(13)7-2-6(4-12)3-8(10)9(7)11/h2-3H,1H3. The van der Waals surface area contributed by atoms with Crippen molar-refractivity contribution in [3.63, 3.8) is 0 Å². The fourth-order valence-electron chi connectivity index (χ4n) is 0.910. The maximum atomic E-state index is 12.9. The minimum Gasteiger partial charge on any atom is -0.294 e. The molecule has 13 heavy (non-hydrogen) atoms. The van der Waals surface area contributed by atoms with Gasteiger partial charge in [-0.2, -0.15) is 5.26 Å². The van der Waals surface area contributed by atoms with Gasteiger partial charge < -0.3 is 0 Å². The van der Waals surface area contributed by atoms with Gasteiger partial charge in [0.1, 0.15) is 0 Å². The summed E-state index contributed by atoms with van der Waals surface area (Å²) < 4.78 is 25.6. The van der Waals surface area contributed by atoms with Gasteiger partial charge >= 0.3 is 0 Å². The molecule has 0 saturated carbocycles. The second-order valence-electron chi connectivity index (χ2n) is 2.49. The molecule has 0 heterocycles. The monoisotopic (exact) mass is 181 g/mol. The lowest BCUT2D eigenvalue weighted by atomic mass is 10.1. The average molecular weight is 181 g/mol. The van der Waals surface area contributed by atoms with E-state index in [0.717, 1.165) is 19.1 Å². The van der Waals surface area contributed by atoms with Crippen LogP contribution in [-0.4, -0.2) is 5.78 Å². The number of Topliss-reactive ketones (excluding diaryl/α,β-unsaturated/α-hetero) is 1. The largest absolute Gasteiger partial charge is 0.294 e. The third-order valence-corrected chi connectivity index (χ3v) is 1.54. The van der Waals surface area contributed by atoms with E-state index >= 15 is 0 Å². The summed E-state index contributed by atoms with van der Waals surface area (Å²) in [6, 6.07) is 3.41. The van der Waals surface area contributed by atoms with Crippen LogP contribution in [0.25, 0.3) is 0 Å². The van der Waals surface area contributed by atoms with Crippen LogP contribution in [0.3, 0.4) is 0 Å². The summed E-state index contributed by atoms with van der Waals surface area (Å²) in [5, 5.41) is 8.41. The van der Waals surface area contributed by atoms with Crippen molar-refractivity contribution < 1.29 is 13.6 Å². The van der Waals surface area contributed by atoms with Gasteiger partial charge in [-0.05, 0) is 19.1 Å². The topological polar surface area (TPSA) is 40.9 Å². The third kappa shape index (κ3) is 1.70. The molecule has 1 aromatic carbocycles. The number of rotatable bonds is 1. The SMILES string of the molecule is CC(=O)c1cc(C#N)cc(F)c1F. The van der Waals surface area contributed by atoms with E-state index in [9.17, 15) is 13.6 Å². The van der Waals surface area contributed by atoms with Crippen LogP contribution in [0.1, 0.15) is 22.8 Å². The van der Waals surface area contributed by atoms with Crippen LogP contribution in [-0.2, 0) is 0 Å². The van der Waals surface area contributed by atoms with E-state index in [1.807, 2.05) is 0 Å². The normalized spacial score (nSPS) is 9.38. The number of nitriles is 1. The molecular formula is C9H5F2NO. The average Bonchev–Trinajstić information content (AvgIpc) is 2.09. The van der Waals surface area contributed by atoms with E-state index in [4.69, 9.17) is 5.26 Å². The quantitative estimate of drug-likeness (QED) is 0.622. The molecule has 0 saturated heterocycles. The van der Waals surface area contributed by atoms with E-state index in [1.54, 1.807) is 6.07 Å².